The molecule has 1 aliphatic rings. The van der Waals surface area contributed by atoms with Crippen LogP contribution in [0.25, 0.3) is 32.8 Å². The van der Waals surface area contributed by atoms with Crippen LogP contribution in [-0.2, 0) is 4.79 Å². The Hall–Kier alpha value is -3.25. The Balaban J connectivity index is 1.67. The number of pyridine rings is 1. The molecule has 3 heterocycles. The highest BCUT2D eigenvalue weighted by molar-refractivity contribution is 7.19. The molecule has 0 unspecified atom stereocenters. The van der Waals surface area contributed by atoms with Gasteiger partial charge in [0.1, 0.15) is 10.8 Å². The number of hydrogen-bond donors (Lipinski definition) is 1. The SMILES string of the molecule is O=C(O)C/C(=C\c1cc2ccccc2nc1N1CCCCC1)c1nc2ccccc2s1. The molecule has 5 rings (SSSR count). The average Bonchev–Trinajstić information content (AvgIpc) is 3.23. The minimum absolute atomic E-state index is 0.0773. The van der Waals surface area contributed by atoms with Crippen molar-refractivity contribution in [2.45, 2.75) is 25.7 Å². The van der Waals surface area contributed by atoms with Crippen LogP contribution in [0.1, 0.15) is 36.3 Å². The Bertz CT molecular complexity index is 1260. The average molecular weight is 430 g/mol. The Labute approximate surface area is 184 Å². The molecule has 1 aliphatic heterocycles. The summed E-state index contributed by atoms with van der Waals surface area (Å²) in [6.45, 7) is 1.95. The molecule has 0 aliphatic carbocycles. The largest absolute Gasteiger partial charge is 0.481 e. The van der Waals surface area contributed by atoms with E-state index in [1.165, 1.54) is 17.8 Å². The molecule has 5 nitrogen and oxygen atoms in total. The van der Waals surface area contributed by atoms with Gasteiger partial charge >= 0.3 is 5.97 Å². The maximum absolute atomic E-state index is 11.7. The molecule has 4 aromatic rings. The van der Waals surface area contributed by atoms with Gasteiger partial charge in [-0.2, -0.15) is 0 Å². The number of aromatic nitrogens is 2. The van der Waals surface area contributed by atoms with Gasteiger partial charge in [0.15, 0.2) is 0 Å². The number of anilines is 1. The van der Waals surface area contributed by atoms with Gasteiger partial charge in [-0.15, -0.1) is 11.3 Å². The predicted octanol–water partition coefficient (Wildman–Crippen LogP) is 5.85. The second-order valence-electron chi connectivity index (χ2n) is 7.87. The number of thiazole rings is 1. The van der Waals surface area contributed by atoms with Crippen molar-refractivity contribution in [2.24, 2.45) is 0 Å². The topological polar surface area (TPSA) is 66.3 Å². The summed E-state index contributed by atoms with van der Waals surface area (Å²) in [6, 6.07) is 18.1. The third kappa shape index (κ3) is 4.16. The standard InChI is InChI=1S/C25H23N3O2S/c29-23(30)16-19(25-27-21-10-4-5-11-22(21)31-25)15-18-14-17-8-2-3-9-20(17)26-24(18)28-12-6-1-7-13-28/h2-5,8-11,14-15H,1,6-7,12-13,16H2,(H,29,30)/b19-15+. The molecule has 31 heavy (non-hydrogen) atoms. The third-order valence-electron chi connectivity index (χ3n) is 5.63. The number of carboxylic acid groups (broad SMARTS) is 1. The fourth-order valence-electron chi connectivity index (χ4n) is 4.14. The van der Waals surface area contributed by atoms with Crippen molar-refractivity contribution >= 4 is 55.9 Å². The van der Waals surface area contributed by atoms with E-state index in [1.807, 2.05) is 54.6 Å². The van der Waals surface area contributed by atoms with Crippen molar-refractivity contribution in [3.63, 3.8) is 0 Å². The normalized spacial score (nSPS) is 15.0. The summed E-state index contributed by atoms with van der Waals surface area (Å²) in [6.07, 6.45) is 5.45. The summed E-state index contributed by atoms with van der Waals surface area (Å²) in [5.41, 5.74) is 3.52. The van der Waals surface area contributed by atoms with Crippen LogP contribution < -0.4 is 4.90 Å². The Morgan fingerprint density at radius 1 is 1.00 bits per heavy atom. The van der Waals surface area contributed by atoms with Crippen LogP contribution in [0.3, 0.4) is 0 Å². The summed E-state index contributed by atoms with van der Waals surface area (Å²) in [5, 5.41) is 11.4. The van der Waals surface area contributed by atoms with Gasteiger partial charge in [-0.05, 0) is 55.2 Å². The number of hydrogen-bond acceptors (Lipinski definition) is 5. The first kappa shape index (κ1) is 19.7. The highest BCUT2D eigenvalue weighted by Crippen LogP contribution is 2.33. The molecule has 0 spiro atoms. The minimum atomic E-state index is -0.862. The molecule has 0 radical (unpaired) electrons. The van der Waals surface area contributed by atoms with E-state index in [-0.39, 0.29) is 6.42 Å². The molecule has 156 valence electrons. The van der Waals surface area contributed by atoms with Gasteiger partial charge in [-0.25, -0.2) is 9.97 Å². The number of carboxylic acids is 1. The Kier molecular flexibility index (Phi) is 5.38. The lowest BCUT2D eigenvalue weighted by molar-refractivity contribution is -0.135. The van der Waals surface area contributed by atoms with Crippen molar-refractivity contribution in [1.82, 2.24) is 9.97 Å². The van der Waals surface area contributed by atoms with E-state index in [0.29, 0.717) is 5.57 Å². The number of para-hydroxylation sites is 2. The van der Waals surface area contributed by atoms with E-state index in [2.05, 4.69) is 11.0 Å². The van der Waals surface area contributed by atoms with Crippen LogP contribution >= 0.6 is 11.3 Å². The maximum Gasteiger partial charge on any atom is 0.307 e. The molecule has 0 atom stereocenters. The van der Waals surface area contributed by atoms with Crippen LogP contribution in [-0.4, -0.2) is 34.1 Å². The highest BCUT2D eigenvalue weighted by Gasteiger charge is 2.19. The molecule has 0 amide bonds. The van der Waals surface area contributed by atoms with Gasteiger partial charge in [0, 0.05) is 24.0 Å². The zero-order valence-electron chi connectivity index (χ0n) is 17.1. The fourth-order valence-corrected chi connectivity index (χ4v) is 5.12. The summed E-state index contributed by atoms with van der Waals surface area (Å²) >= 11 is 1.53. The number of piperidine rings is 1. The molecule has 0 saturated carbocycles. The smallest absolute Gasteiger partial charge is 0.307 e. The number of nitrogens with zero attached hydrogens (tertiary/aromatic N) is 3. The number of fused-ring (bicyclic) bond motifs is 2. The molecule has 1 saturated heterocycles. The Morgan fingerprint density at radius 2 is 1.74 bits per heavy atom. The molecular weight excluding hydrogens is 406 g/mol. The third-order valence-corrected chi connectivity index (χ3v) is 6.74. The van der Waals surface area contributed by atoms with E-state index in [4.69, 9.17) is 9.97 Å². The lowest BCUT2D eigenvalue weighted by Crippen LogP contribution is -2.30. The van der Waals surface area contributed by atoms with Gasteiger partial charge in [0.05, 0.1) is 22.2 Å². The number of rotatable bonds is 5. The van der Waals surface area contributed by atoms with E-state index in [9.17, 15) is 9.90 Å². The molecule has 0 bridgehead atoms. The first-order valence-electron chi connectivity index (χ1n) is 10.6. The van der Waals surface area contributed by atoms with Crippen molar-refractivity contribution in [3.8, 4) is 0 Å². The van der Waals surface area contributed by atoms with E-state index >= 15 is 0 Å². The van der Waals surface area contributed by atoms with Gasteiger partial charge in [-0.3, -0.25) is 4.79 Å². The lowest BCUT2D eigenvalue weighted by atomic mass is 10.0. The van der Waals surface area contributed by atoms with Gasteiger partial charge in [-0.1, -0.05) is 30.3 Å². The first-order chi connectivity index (χ1) is 15.2. The van der Waals surface area contributed by atoms with Crippen LogP contribution in [0.5, 0.6) is 0 Å². The van der Waals surface area contributed by atoms with Crippen molar-refractivity contribution in [3.05, 3.63) is 65.2 Å². The lowest BCUT2D eigenvalue weighted by Gasteiger charge is -2.29. The molecule has 6 heteroatoms. The van der Waals surface area contributed by atoms with E-state index in [0.717, 1.165) is 63.4 Å². The number of aliphatic carboxylic acids is 1. The van der Waals surface area contributed by atoms with Crippen LogP contribution in [0.2, 0.25) is 0 Å². The van der Waals surface area contributed by atoms with Crippen LogP contribution in [0.15, 0.2) is 54.6 Å². The van der Waals surface area contributed by atoms with Gasteiger partial charge in [0.2, 0.25) is 0 Å². The molecule has 1 N–H and O–H groups in total. The minimum Gasteiger partial charge on any atom is -0.481 e. The molecule has 2 aromatic carbocycles. The summed E-state index contributed by atoms with van der Waals surface area (Å²) in [5.74, 6) is 0.0705. The van der Waals surface area contributed by atoms with Gasteiger partial charge in [0.25, 0.3) is 0 Å². The monoisotopic (exact) mass is 429 g/mol. The number of carbonyl (C=O) groups is 1. The second-order valence-corrected chi connectivity index (χ2v) is 8.90. The van der Waals surface area contributed by atoms with Crippen molar-refractivity contribution in [2.75, 3.05) is 18.0 Å². The maximum atomic E-state index is 11.7. The molecule has 2 aromatic heterocycles. The summed E-state index contributed by atoms with van der Waals surface area (Å²) < 4.78 is 1.06. The van der Waals surface area contributed by atoms with Crippen LogP contribution in [0.4, 0.5) is 5.82 Å². The highest BCUT2D eigenvalue weighted by atomic mass is 32.1. The summed E-state index contributed by atoms with van der Waals surface area (Å²) in [7, 11) is 0. The van der Waals surface area contributed by atoms with Gasteiger partial charge < -0.3 is 10.0 Å². The predicted molar refractivity (Wildman–Crippen MR) is 128 cm³/mol. The van der Waals surface area contributed by atoms with E-state index in [1.54, 1.807) is 0 Å². The van der Waals surface area contributed by atoms with Crippen LogP contribution in [0, 0.1) is 0 Å². The zero-order chi connectivity index (χ0) is 21.2. The first-order valence-corrected chi connectivity index (χ1v) is 11.4. The number of benzene rings is 2. The zero-order valence-corrected chi connectivity index (χ0v) is 17.9. The fraction of sp³-hybridized carbons (Fsp3) is 0.240. The van der Waals surface area contributed by atoms with Crippen molar-refractivity contribution in [1.29, 1.82) is 0 Å². The molecular formula is C25H23N3O2S. The summed E-state index contributed by atoms with van der Waals surface area (Å²) in [4.78, 5) is 23.7. The van der Waals surface area contributed by atoms with Crippen molar-refractivity contribution < 1.29 is 9.90 Å². The second kappa shape index (κ2) is 8.47. The molecule has 1 fully saturated rings. The Morgan fingerprint density at radius 3 is 2.52 bits per heavy atom. The van der Waals surface area contributed by atoms with E-state index < -0.39 is 5.97 Å². The quantitative estimate of drug-likeness (QED) is 0.431.